The van der Waals surface area contributed by atoms with Gasteiger partial charge in [-0.25, -0.2) is 0 Å². The SMILES string of the molecule is COc1cc(N=C2CCC(=O)C2C)ccc1C(=O)C(C)C(C)c1cccc2ccccc12. The number of ether oxygens (including phenoxy) is 1. The Kier molecular flexibility index (Phi) is 6.22. The molecule has 164 valence electrons. The van der Waals surface area contributed by atoms with Gasteiger partial charge >= 0.3 is 0 Å². The molecule has 1 saturated carbocycles. The third-order valence-electron chi connectivity index (χ3n) is 6.81. The van der Waals surface area contributed by atoms with Crippen LogP contribution in [0, 0.1) is 11.8 Å². The van der Waals surface area contributed by atoms with E-state index in [0.29, 0.717) is 29.8 Å². The molecule has 3 atom stereocenters. The number of benzene rings is 3. The van der Waals surface area contributed by atoms with Crippen LogP contribution in [0.2, 0.25) is 0 Å². The summed E-state index contributed by atoms with van der Waals surface area (Å²) in [7, 11) is 1.57. The van der Waals surface area contributed by atoms with Crippen molar-refractivity contribution in [3.8, 4) is 5.75 Å². The summed E-state index contributed by atoms with van der Waals surface area (Å²) in [5.74, 6) is 0.488. The van der Waals surface area contributed by atoms with Gasteiger partial charge in [0, 0.05) is 24.1 Å². The molecule has 0 saturated heterocycles. The summed E-state index contributed by atoms with van der Waals surface area (Å²) in [5, 5.41) is 2.36. The molecule has 4 nitrogen and oxygen atoms in total. The van der Waals surface area contributed by atoms with Crippen LogP contribution in [0.3, 0.4) is 0 Å². The molecule has 0 amide bonds. The molecule has 0 N–H and O–H groups in total. The molecule has 3 aromatic carbocycles. The van der Waals surface area contributed by atoms with Crippen LogP contribution in [0.25, 0.3) is 10.8 Å². The molecule has 4 rings (SSSR count). The molecule has 3 aromatic rings. The Morgan fingerprint density at radius 1 is 1.03 bits per heavy atom. The summed E-state index contributed by atoms with van der Waals surface area (Å²) < 4.78 is 5.57. The molecular weight excluding hydrogens is 398 g/mol. The van der Waals surface area contributed by atoms with Gasteiger partial charge in [0.05, 0.1) is 24.3 Å². The van der Waals surface area contributed by atoms with E-state index in [9.17, 15) is 9.59 Å². The number of fused-ring (bicyclic) bond motifs is 1. The van der Waals surface area contributed by atoms with E-state index in [4.69, 9.17) is 4.74 Å². The molecule has 3 unspecified atom stereocenters. The predicted octanol–water partition coefficient (Wildman–Crippen LogP) is 6.54. The fourth-order valence-electron chi connectivity index (χ4n) is 4.53. The standard InChI is InChI=1S/C28H29NO3/c1-17(22-11-7-9-20-8-5-6-10-23(20)22)18(2)28(31)24-13-12-21(16-27(24)32-4)29-25-14-15-26(30)19(25)3/h5-13,16-19H,14-15H2,1-4H3. The average Bonchev–Trinajstić information content (AvgIpc) is 3.14. The first-order valence-corrected chi connectivity index (χ1v) is 11.2. The highest BCUT2D eigenvalue weighted by molar-refractivity contribution is 6.11. The Morgan fingerprint density at radius 2 is 1.78 bits per heavy atom. The van der Waals surface area contributed by atoms with Crippen LogP contribution in [-0.2, 0) is 4.79 Å². The molecule has 0 bridgehead atoms. The molecule has 0 heterocycles. The quantitative estimate of drug-likeness (QED) is 0.420. The van der Waals surface area contributed by atoms with Crippen LogP contribution < -0.4 is 4.74 Å². The van der Waals surface area contributed by atoms with Crippen LogP contribution in [0.4, 0.5) is 5.69 Å². The maximum absolute atomic E-state index is 13.5. The van der Waals surface area contributed by atoms with Crippen LogP contribution >= 0.6 is 0 Å². The Balaban J connectivity index is 1.62. The highest BCUT2D eigenvalue weighted by Gasteiger charge is 2.28. The predicted molar refractivity (Wildman–Crippen MR) is 129 cm³/mol. The van der Waals surface area contributed by atoms with Crippen LogP contribution in [0.5, 0.6) is 5.75 Å². The second-order valence-electron chi connectivity index (χ2n) is 8.69. The zero-order valence-corrected chi connectivity index (χ0v) is 19.1. The van der Waals surface area contributed by atoms with Crippen molar-refractivity contribution >= 4 is 33.7 Å². The smallest absolute Gasteiger partial charge is 0.169 e. The second kappa shape index (κ2) is 9.07. The molecule has 32 heavy (non-hydrogen) atoms. The Hall–Kier alpha value is -3.27. The van der Waals surface area contributed by atoms with Gasteiger partial charge in [0.2, 0.25) is 0 Å². The van der Waals surface area contributed by atoms with Crippen molar-refractivity contribution in [2.75, 3.05) is 7.11 Å². The zero-order chi connectivity index (χ0) is 22.8. The van der Waals surface area contributed by atoms with Gasteiger partial charge in [0.25, 0.3) is 0 Å². The van der Waals surface area contributed by atoms with E-state index in [1.54, 1.807) is 19.2 Å². The lowest BCUT2D eigenvalue weighted by Gasteiger charge is -2.22. The number of methoxy groups -OCH3 is 1. The largest absolute Gasteiger partial charge is 0.496 e. The zero-order valence-electron chi connectivity index (χ0n) is 19.1. The van der Waals surface area contributed by atoms with Gasteiger partial charge in [-0.2, -0.15) is 0 Å². The Bertz CT molecular complexity index is 1210. The summed E-state index contributed by atoms with van der Waals surface area (Å²) in [4.78, 5) is 30.0. The lowest BCUT2D eigenvalue weighted by molar-refractivity contribution is -0.119. The van der Waals surface area contributed by atoms with Crippen molar-refractivity contribution in [3.05, 3.63) is 71.8 Å². The van der Waals surface area contributed by atoms with E-state index < -0.39 is 0 Å². The summed E-state index contributed by atoms with van der Waals surface area (Å²) in [6.07, 6.45) is 1.25. The number of ketones is 2. The van der Waals surface area contributed by atoms with E-state index >= 15 is 0 Å². The van der Waals surface area contributed by atoms with Crippen molar-refractivity contribution in [2.45, 2.75) is 39.5 Å². The number of Topliss-reactive ketones (excluding diaryl/α,β-unsaturated/α-hetero) is 2. The van der Waals surface area contributed by atoms with Crippen molar-refractivity contribution in [1.29, 1.82) is 0 Å². The van der Waals surface area contributed by atoms with Crippen molar-refractivity contribution in [3.63, 3.8) is 0 Å². The molecule has 0 aliphatic heterocycles. The molecule has 1 fully saturated rings. The fraction of sp³-hybridized carbons (Fsp3) is 0.321. The van der Waals surface area contributed by atoms with Gasteiger partial charge in [0.1, 0.15) is 11.5 Å². The van der Waals surface area contributed by atoms with E-state index in [0.717, 1.165) is 5.71 Å². The number of hydrogen-bond donors (Lipinski definition) is 0. The van der Waals surface area contributed by atoms with Gasteiger partial charge in [-0.05, 0) is 40.8 Å². The first-order chi connectivity index (χ1) is 15.4. The lowest BCUT2D eigenvalue weighted by Crippen LogP contribution is -2.19. The maximum atomic E-state index is 13.5. The Labute approximate surface area is 189 Å². The normalized spacial score (nSPS) is 19.3. The molecule has 4 heteroatoms. The number of carbonyl (C=O) groups is 2. The Morgan fingerprint density at radius 3 is 2.50 bits per heavy atom. The topological polar surface area (TPSA) is 55.7 Å². The number of rotatable bonds is 6. The van der Waals surface area contributed by atoms with Crippen molar-refractivity contribution < 1.29 is 14.3 Å². The van der Waals surface area contributed by atoms with Crippen LogP contribution in [0.15, 0.2) is 65.7 Å². The third kappa shape index (κ3) is 4.10. The van der Waals surface area contributed by atoms with E-state index in [-0.39, 0.29) is 29.3 Å². The van der Waals surface area contributed by atoms with Gasteiger partial charge in [0.15, 0.2) is 5.78 Å². The minimum atomic E-state index is -0.223. The summed E-state index contributed by atoms with van der Waals surface area (Å²) in [6.45, 7) is 5.99. The number of nitrogens with zero attached hydrogens (tertiary/aromatic N) is 1. The van der Waals surface area contributed by atoms with Gasteiger partial charge < -0.3 is 4.74 Å². The number of carbonyl (C=O) groups excluding carboxylic acids is 2. The van der Waals surface area contributed by atoms with Gasteiger partial charge in [-0.3, -0.25) is 14.6 Å². The minimum absolute atomic E-state index is 0.0450. The van der Waals surface area contributed by atoms with Crippen LogP contribution in [-0.4, -0.2) is 24.4 Å². The molecule has 0 spiro atoms. The first-order valence-electron chi connectivity index (χ1n) is 11.2. The maximum Gasteiger partial charge on any atom is 0.169 e. The summed E-state index contributed by atoms with van der Waals surface area (Å²) in [6, 6.07) is 20.0. The summed E-state index contributed by atoms with van der Waals surface area (Å²) >= 11 is 0. The molecular formula is C28H29NO3. The van der Waals surface area contributed by atoms with Gasteiger partial charge in [-0.1, -0.05) is 63.2 Å². The highest BCUT2D eigenvalue weighted by atomic mass is 16.5. The van der Waals surface area contributed by atoms with Crippen molar-refractivity contribution in [1.82, 2.24) is 0 Å². The highest BCUT2D eigenvalue weighted by Crippen LogP contribution is 2.35. The third-order valence-corrected chi connectivity index (χ3v) is 6.81. The van der Waals surface area contributed by atoms with Crippen LogP contribution in [0.1, 0.15) is 55.5 Å². The average molecular weight is 428 g/mol. The molecule has 0 aromatic heterocycles. The number of aliphatic imine (C=N–C) groups is 1. The first kappa shape index (κ1) is 21.9. The van der Waals surface area contributed by atoms with Crippen molar-refractivity contribution in [2.24, 2.45) is 16.8 Å². The van der Waals surface area contributed by atoms with E-state index in [1.165, 1.54) is 16.3 Å². The summed E-state index contributed by atoms with van der Waals surface area (Å²) in [5.41, 5.74) is 3.34. The monoisotopic (exact) mass is 427 g/mol. The fourth-order valence-corrected chi connectivity index (χ4v) is 4.53. The lowest BCUT2D eigenvalue weighted by atomic mass is 9.82. The van der Waals surface area contributed by atoms with Gasteiger partial charge in [-0.15, -0.1) is 0 Å². The molecule has 1 aliphatic carbocycles. The van der Waals surface area contributed by atoms with E-state index in [1.807, 2.05) is 32.0 Å². The molecule has 1 aliphatic rings. The minimum Gasteiger partial charge on any atom is -0.496 e. The number of hydrogen-bond acceptors (Lipinski definition) is 4. The second-order valence-corrected chi connectivity index (χ2v) is 8.69. The molecule has 0 radical (unpaired) electrons. The van der Waals surface area contributed by atoms with E-state index in [2.05, 4.69) is 42.2 Å².